The van der Waals surface area contributed by atoms with Crippen LogP contribution in [0.25, 0.3) is 5.76 Å². The number of methoxy groups -OCH3 is 2. The molecule has 1 N–H and O–H groups in total. The van der Waals surface area contributed by atoms with E-state index in [1.807, 2.05) is 26.0 Å². The number of ketones is 1. The highest BCUT2D eigenvalue weighted by Crippen LogP contribution is 2.44. The molecule has 1 saturated heterocycles. The maximum absolute atomic E-state index is 13.5. The fraction of sp³-hybridized carbons (Fsp3) is 0.276. The molecule has 1 unspecified atom stereocenters. The van der Waals surface area contributed by atoms with E-state index in [1.54, 1.807) is 54.9 Å². The summed E-state index contributed by atoms with van der Waals surface area (Å²) < 4.78 is 16.8. The second-order valence-electron chi connectivity index (χ2n) is 9.10. The summed E-state index contributed by atoms with van der Waals surface area (Å²) in [6.07, 6.45) is 3.25. The Labute approximate surface area is 216 Å². The highest BCUT2D eigenvalue weighted by Gasteiger charge is 2.46. The fourth-order valence-corrected chi connectivity index (χ4v) is 4.33. The molecule has 37 heavy (non-hydrogen) atoms. The number of likely N-dealkylation sites (tertiary alicyclic amines) is 1. The topological polar surface area (TPSA) is 98.2 Å². The number of hydrogen-bond donors (Lipinski definition) is 1. The summed E-state index contributed by atoms with van der Waals surface area (Å²) >= 11 is 0. The highest BCUT2D eigenvalue weighted by atomic mass is 16.5. The molecule has 0 saturated carbocycles. The van der Waals surface area contributed by atoms with E-state index in [9.17, 15) is 14.7 Å². The van der Waals surface area contributed by atoms with Crippen molar-refractivity contribution in [2.24, 2.45) is 5.92 Å². The Morgan fingerprint density at radius 2 is 1.65 bits per heavy atom. The summed E-state index contributed by atoms with van der Waals surface area (Å²) in [7, 11) is 2.92. The van der Waals surface area contributed by atoms with E-state index in [2.05, 4.69) is 4.98 Å². The first-order valence-electron chi connectivity index (χ1n) is 12.0. The molecular weight excluding hydrogens is 472 g/mol. The number of hydrogen-bond acceptors (Lipinski definition) is 7. The lowest BCUT2D eigenvalue weighted by atomic mass is 9.94. The van der Waals surface area contributed by atoms with Gasteiger partial charge in [0.1, 0.15) is 28.6 Å². The number of ether oxygens (including phenoxy) is 3. The molecule has 0 aliphatic carbocycles. The molecule has 2 heterocycles. The lowest BCUT2D eigenvalue weighted by molar-refractivity contribution is -0.140. The van der Waals surface area contributed by atoms with E-state index >= 15 is 0 Å². The Balaban J connectivity index is 1.90. The maximum Gasteiger partial charge on any atom is 0.295 e. The van der Waals surface area contributed by atoms with Gasteiger partial charge in [0, 0.05) is 18.9 Å². The molecule has 2 aromatic carbocycles. The summed E-state index contributed by atoms with van der Waals surface area (Å²) in [5.74, 6) is -0.336. The van der Waals surface area contributed by atoms with Crippen molar-refractivity contribution >= 4 is 17.4 Å². The number of aliphatic hydroxyl groups excluding tert-OH is 1. The summed E-state index contributed by atoms with van der Waals surface area (Å²) in [5.41, 5.74) is 1.57. The molecule has 4 rings (SSSR count). The zero-order chi connectivity index (χ0) is 26.5. The third-order valence-corrected chi connectivity index (χ3v) is 6.06. The predicted molar refractivity (Wildman–Crippen MR) is 138 cm³/mol. The Morgan fingerprint density at radius 1 is 1.00 bits per heavy atom. The van der Waals surface area contributed by atoms with E-state index in [4.69, 9.17) is 14.2 Å². The van der Waals surface area contributed by atoms with Crippen LogP contribution < -0.4 is 14.2 Å². The number of aliphatic hydroxyl groups is 1. The van der Waals surface area contributed by atoms with Crippen molar-refractivity contribution < 1.29 is 28.9 Å². The predicted octanol–water partition coefficient (Wildman–Crippen LogP) is 4.76. The van der Waals surface area contributed by atoms with Crippen molar-refractivity contribution in [1.29, 1.82) is 0 Å². The third kappa shape index (κ3) is 5.28. The quantitative estimate of drug-likeness (QED) is 0.256. The van der Waals surface area contributed by atoms with Crippen LogP contribution in [0.3, 0.4) is 0 Å². The molecule has 192 valence electrons. The summed E-state index contributed by atoms with van der Waals surface area (Å²) in [6.45, 7) is 4.76. The molecule has 1 aliphatic rings. The van der Waals surface area contributed by atoms with Crippen molar-refractivity contribution in [3.63, 3.8) is 0 Å². The number of aromatic nitrogens is 1. The number of carbonyl (C=O) groups is 2. The van der Waals surface area contributed by atoms with Gasteiger partial charge in [-0.2, -0.15) is 0 Å². The Morgan fingerprint density at radius 3 is 2.27 bits per heavy atom. The number of carbonyl (C=O) groups excluding carboxylic acids is 2. The normalized spacial score (nSPS) is 16.8. The first-order valence-corrected chi connectivity index (χ1v) is 12.0. The number of amides is 1. The third-order valence-electron chi connectivity index (χ3n) is 6.06. The Bertz CT molecular complexity index is 1300. The standard InChI is InChI=1S/C29H30N2O6/c1-18(2)17-37-21-8-5-7-20(15-21)26-25(27(32)24-22(35-3)9-6-10-23(24)36-4)28(33)29(34)31(26)16-19-11-13-30-14-12-19/h5-15,18,26,32H,16-17H2,1-4H3/b27-25+. The van der Waals surface area contributed by atoms with Crippen LogP contribution in [0.2, 0.25) is 0 Å². The van der Waals surface area contributed by atoms with E-state index in [0.717, 1.165) is 5.56 Å². The van der Waals surface area contributed by atoms with Crippen molar-refractivity contribution in [2.45, 2.75) is 26.4 Å². The molecule has 3 aromatic rings. The van der Waals surface area contributed by atoms with Crippen molar-refractivity contribution in [1.82, 2.24) is 9.88 Å². The maximum atomic E-state index is 13.5. The highest BCUT2D eigenvalue weighted by molar-refractivity contribution is 6.46. The van der Waals surface area contributed by atoms with Crippen LogP contribution in [0, 0.1) is 5.92 Å². The van der Waals surface area contributed by atoms with Gasteiger partial charge in [-0.3, -0.25) is 14.6 Å². The molecule has 1 aromatic heterocycles. The van der Waals surface area contributed by atoms with E-state index in [-0.39, 0.29) is 23.4 Å². The molecule has 0 spiro atoms. The van der Waals surface area contributed by atoms with Gasteiger partial charge >= 0.3 is 0 Å². The Hall–Kier alpha value is -4.33. The molecule has 0 bridgehead atoms. The van der Waals surface area contributed by atoms with Gasteiger partial charge in [-0.15, -0.1) is 0 Å². The summed E-state index contributed by atoms with van der Waals surface area (Å²) in [5, 5.41) is 11.6. The van der Waals surface area contributed by atoms with Gasteiger partial charge in [0.2, 0.25) is 0 Å². The summed E-state index contributed by atoms with van der Waals surface area (Å²) in [4.78, 5) is 32.3. The van der Waals surface area contributed by atoms with Crippen LogP contribution >= 0.6 is 0 Å². The van der Waals surface area contributed by atoms with Crippen LogP contribution in [0.15, 0.2) is 72.6 Å². The van der Waals surface area contributed by atoms with Gasteiger partial charge < -0.3 is 24.2 Å². The zero-order valence-corrected chi connectivity index (χ0v) is 21.3. The largest absolute Gasteiger partial charge is 0.506 e. The van der Waals surface area contributed by atoms with Gasteiger partial charge in [-0.05, 0) is 53.4 Å². The van der Waals surface area contributed by atoms with Crippen LogP contribution in [-0.4, -0.2) is 47.5 Å². The van der Waals surface area contributed by atoms with Gasteiger partial charge in [-0.25, -0.2) is 0 Å². The van der Waals surface area contributed by atoms with Crippen LogP contribution in [0.1, 0.15) is 36.6 Å². The number of benzene rings is 2. The van der Waals surface area contributed by atoms with Crippen molar-refractivity contribution in [3.8, 4) is 17.2 Å². The SMILES string of the molecule is COc1cccc(OC)c1/C(O)=C1\C(=O)C(=O)N(Cc2ccncc2)C1c1cccc(OCC(C)C)c1. The average molecular weight is 503 g/mol. The minimum absolute atomic E-state index is 0.0529. The lowest BCUT2D eigenvalue weighted by Crippen LogP contribution is -2.29. The van der Waals surface area contributed by atoms with Gasteiger partial charge in [0.25, 0.3) is 11.7 Å². The van der Waals surface area contributed by atoms with Gasteiger partial charge in [0.15, 0.2) is 0 Å². The number of Topliss-reactive ketones (excluding diaryl/α,β-unsaturated/α-hetero) is 1. The van der Waals surface area contributed by atoms with Crippen molar-refractivity contribution in [2.75, 3.05) is 20.8 Å². The molecule has 1 atom stereocenters. The van der Waals surface area contributed by atoms with E-state index in [1.165, 1.54) is 19.1 Å². The second kappa shape index (κ2) is 11.2. The minimum atomic E-state index is -0.870. The first kappa shape index (κ1) is 25.8. The molecular formula is C29H30N2O6. The second-order valence-corrected chi connectivity index (χ2v) is 9.10. The summed E-state index contributed by atoms with van der Waals surface area (Å²) in [6, 6.07) is 14.9. The number of pyridine rings is 1. The zero-order valence-electron chi connectivity index (χ0n) is 21.3. The van der Waals surface area contributed by atoms with Crippen molar-refractivity contribution in [3.05, 3.63) is 89.3 Å². The number of rotatable bonds is 9. The smallest absolute Gasteiger partial charge is 0.295 e. The number of nitrogens with zero attached hydrogens (tertiary/aromatic N) is 2. The molecule has 1 amide bonds. The van der Waals surface area contributed by atoms with Gasteiger partial charge in [0.05, 0.1) is 32.4 Å². The monoisotopic (exact) mass is 502 g/mol. The van der Waals surface area contributed by atoms with Crippen LogP contribution in [0.4, 0.5) is 0 Å². The molecule has 8 heteroatoms. The van der Waals surface area contributed by atoms with E-state index in [0.29, 0.717) is 35.3 Å². The minimum Gasteiger partial charge on any atom is -0.506 e. The van der Waals surface area contributed by atoms with E-state index < -0.39 is 17.7 Å². The average Bonchev–Trinajstić information content (AvgIpc) is 3.16. The van der Waals surface area contributed by atoms with Crippen LogP contribution in [-0.2, 0) is 16.1 Å². The fourth-order valence-electron chi connectivity index (χ4n) is 4.33. The van der Waals surface area contributed by atoms with Gasteiger partial charge in [-0.1, -0.05) is 32.0 Å². The molecule has 8 nitrogen and oxygen atoms in total. The van der Waals surface area contributed by atoms with Crippen LogP contribution in [0.5, 0.6) is 17.2 Å². The molecule has 1 fully saturated rings. The Kier molecular flexibility index (Phi) is 7.77. The molecule has 1 aliphatic heterocycles. The molecule has 0 radical (unpaired) electrons. The lowest BCUT2D eigenvalue weighted by Gasteiger charge is -2.26. The first-order chi connectivity index (χ1) is 17.8.